The van der Waals surface area contributed by atoms with Crippen LogP contribution in [-0.2, 0) is 23.7 Å². The van der Waals surface area contributed by atoms with E-state index in [1.807, 2.05) is 97.1 Å². The molecule has 0 N–H and O–H groups in total. The summed E-state index contributed by atoms with van der Waals surface area (Å²) in [6.45, 7) is 4.49. The van der Waals surface area contributed by atoms with E-state index in [0.29, 0.717) is 12.8 Å². The van der Waals surface area contributed by atoms with Crippen molar-refractivity contribution in [1.82, 2.24) is 0 Å². The molecule has 0 aromatic heterocycles. The molecule has 0 heterocycles. The van der Waals surface area contributed by atoms with E-state index in [1.54, 1.807) is 0 Å². The predicted octanol–water partition coefficient (Wildman–Crippen LogP) is 7.20. The summed E-state index contributed by atoms with van der Waals surface area (Å²) in [5.41, 5.74) is 3.50. The molecule has 1 aliphatic rings. The van der Waals surface area contributed by atoms with Gasteiger partial charge in [-0.2, -0.15) is 10.5 Å². The van der Waals surface area contributed by atoms with E-state index in [4.69, 9.17) is 0 Å². The molecule has 2 heteroatoms. The molecule has 0 spiro atoms. The fraction of sp³-hybridized carbons (Fsp3) is 0.176. The lowest BCUT2D eigenvalue weighted by Gasteiger charge is -2.32. The van der Waals surface area contributed by atoms with E-state index in [2.05, 4.69) is 43.0 Å². The number of nitrogens with zero attached hydrogens (tertiary/aromatic N) is 2. The molecule has 4 aromatic rings. The molecular weight excluding hydrogens is 436 g/mol. The molecule has 36 heavy (non-hydrogen) atoms. The molecule has 0 radical (unpaired) electrons. The number of rotatable bonds is 8. The first-order chi connectivity index (χ1) is 17.6. The van der Waals surface area contributed by atoms with Crippen LogP contribution in [0.2, 0.25) is 0 Å². The molecule has 5 rings (SSSR count). The van der Waals surface area contributed by atoms with E-state index in [-0.39, 0.29) is 11.8 Å². The maximum Gasteiger partial charge on any atom is 0.0933 e. The Labute approximate surface area is 213 Å². The Bertz CT molecular complexity index is 1300. The summed E-state index contributed by atoms with van der Waals surface area (Å²) in [6, 6.07) is 45.9. The van der Waals surface area contributed by atoms with Gasteiger partial charge in [-0.05, 0) is 35.1 Å². The van der Waals surface area contributed by atoms with Gasteiger partial charge in [0.15, 0.2) is 0 Å². The fourth-order valence-corrected chi connectivity index (χ4v) is 5.95. The number of allylic oxidation sites excluding steroid dienone is 1. The van der Waals surface area contributed by atoms with Gasteiger partial charge in [-0.25, -0.2) is 0 Å². The van der Waals surface area contributed by atoms with Crippen LogP contribution in [-0.4, -0.2) is 0 Å². The van der Waals surface area contributed by atoms with Crippen LogP contribution in [0.5, 0.6) is 0 Å². The van der Waals surface area contributed by atoms with Gasteiger partial charge in [0.1, 0.15) is 0 Å². The zero-order valence-corrected chi connectivity index (χ0v) is 20.2. The average molecular weight is 465 g/mol. The Balaban J connectivity index is 1.65. The van der Waals surface area contributed by atoms with Crippen molar-refractivity contribution >= 4 is 0 Å². The third kappa shape index (κ3) is 4.02. The molecule has 0 saturated heterocycles. The molecule has 174 valence electrons. The van der Waals surface area contributed by atoms with Crippen molar-refractivity contribution in [2.45, 2.75) is 23.7 Å². The average Bonchev–Trinajstić information content (AvgIpc) is 3.64. The third-order valence-electron chi connectivity index (χ3n) is 7.71. The second-order valence-electron chi connectivity index (χ2n) is 9.75. The normalized spacial score (nSPS) is 19.8. The van der Waals surface area contributed by atoms with Crippen LogP contribution in [0.1, 0.15) is 22.3 Å². The monoisotopic (exact) mass is 464 g/mol. The van der Waals surface area contributed by atoms with E-state index in [1.165, 1.54) is 0 Å². The molecule has 4 unspecified atom stereocenters. The van der Waals surface area contributed by atoms with Gasteiger partial charge in [0.25, 0.3) is 0 Å². The van der Waals surface area contributed by atoms with E-state index in [9.17, 15) is 10.5 Å². The fourth-order valence-electron chi connectivity index (χ4n) is 5.95. The highest BCUT2D eigenvalue weighted by molar-refractivity contribution is 5.54. The van der Waals surface area contributed by atoms with Gasteiger partial charge in [0.05, 0.1) is 23.0 Å². The first-order valence-electron chi connectivity index (χ1n) is 12.3. The van der Waals surface area contributed by atoms with Gasteiger partial charge in [0.2, 0.25) is 0 Å². The van der Waals surface area contributed by atoms with Crippen molar-refractivity contribution in [3.8, 4) is 12.1 Å². The molecule has 0 aliphatic heterocycles. The smallest absolute Gasteiger partial charge is 0.0933 e. The van der Waals surface area contributed by atoms with Crippen LogP contribution in [0.3, 0.4) is 0 Å². The van der Waals surface area contributed by atoms with Crippen LogP contribution in [0.25, 0.3) is 0 Å². The number of hydrogen-bond donors (Lipinski definition) is 0. The Morgan fingerprint density at radius 2 is 0.833 bits per heavy atom. The largest absolute Gasteiger partial charge is 0.197 e. The maximum absolute atomic E-state index is 10.9. The van der Waals surface area contributed by atoms with Gasteiger partial charge in [-0.1, -0.05) is 133 Å². The second-order valence-corrected chi connectivity index (χ2v) is 9.75. The van der Waals surface area contributed by atoms with Gasteiger partial charge >= 0.3 is 0 Å². The quantitative estimate of drug-likeness (QED) is 0.259. The number of benzene rings is 4. The summed E-state index contributed by atoms with van der Waals surface area (Å²) in [6.07, 6.45) is 1.13. The van der Waals surface area contributed by atoms with Gasteiger partial charge in [-0.3, -0.25) is 0 Å². The second kappa shape index (κ2) is 9.69. The topological polar surface area (TPSA) is 47.6 Å². The highest BCUT2D eigenvalue weighted by atomic mass is 14.7. The highest BCUT2D eigenvalue weighted by Crippen LogP contribution is 2.64. The summed E-state index contributed by atoms with van der Waals surface area (Å²) in [5, 5.41) is 21.7. The van der Waals surface area contributed by atoms with Crippen molar-refractivity contribution in [2.75, 3.05) is 0 Å². The van der Waals surface area contributed by atoms with Crippen molar-refractivity contribution in [3.63, 3.8) is 0 Å². The van der Waals surface area contributed by atoms with E-state index in [0.717, 1.165) is 27.8 Å². The molecule has 2 nitrogen and oxygen atoms in total. The molecule has 4 aromatic carbocycles. The molecule has 1 aliphatic carbocycles. The van der Waals surface area contributed by atoms with Crippen LogP contribution in [0, 0.1) is 34.5 Å². The molecular formula is C34H28N2. The predicted molar refractivity (Wildman–Crippen MR) is 144 cm³/mol. The SMILES string of the molecule is C=C1C(C(C#N)(Cc2ccccc2)c2ccccc2)C1C(C#N)(Cc1ccccc1)c1ccccc1. The number of hydrogen-bond acceptors (Lipinski definition) is 2. The van der Waals surface area contributed by atoms with Crippen LogP contribution < -0.4 is 0 Å². The minimum atomic E-state index is -0.821. The maximum atomic E-state index is 10.9. The van der Waals surface area contributed by atoms with E-state index < -0.39 is 10.8 Å². The lowest BCUT2D eigenvalue weighted by Crippen LogP contribution is -2.36. The highest BCUT2D eigenvalue weighted by Gasteiger charge is 2.65. The number of nitriles is 2. The molecule has 0 amide bonds. The lowest BCUT2D eigenvalue weighted by atomic mass is 9.66. The van der Waals surface area contributed by atoms with Crippen LogP contribution in [0.4, 0.5) is 0 Å². The van der Waals surface area contributed by atoms with Crippen LogP contribution >= 0.6 is 0 Å². The Hall–Kier alpha value is -4.40. The minimum Gasteiger partial charge on any atom is -0.197 e. The minimum absolute atomic E-state index is 0.145. The summed E-state index contributed by atoms with van der Waals surface area (Å²) in [5.74, 6) is -0.289. The summed E-state index contributed by atoms with van der Waals surface area (Å²) in [7, 11) is 0. The summed E-state index contributed by atoms with van der Waals surface area (Å²) < 4.78 is 0. The Morgan fingerprint density at radius 3 is 1.14 bits per heavy atom. The Morgan fingerprint density at radius 1 is 0.528 bits per heavy atom. The molecule has 0 bridgehead atoms. The van der Waals surface area contributed by atoms with Crippen molar-refractivity contribution < 1.29 is 0 Å². The summed E-state index contributed by atoms with van der Waals surface area (Å²) in [4.78, 5) is 0. The lowest BCUT2D eigenvalue weighted by molar-refractivity contribution is 0.374. The zero-order chi connectivity index (χ0) is 25.0. The van der Waals surface area contributed by atoms with Gasteiger partial charge in [0, 0.05) is 11.8 Å². The summed E-state index contributed by atoms with van der Waals surface area (Å²) >= 11 is 0. The van der Waals surface area contributed by atoms with Crippen molar-refractivity contribution in [2.24, 2.45) is 11.8 Å². The molecule has 1 saturated carbocycles. The first kappa shape index (κ1) is 23.3. The van der Waals surface area contributed by atoms with Gasteiger partial charge in [-0.15, -0.1) is 0 Å². The van der Waals surface area contributed by atoms with E-state index >= 15 is 0 Å². The van der Waals surface area contributed by atoms with Gasteiger partial charge < -0.3 is 0 Å². The Kier molecular flexibility index (Phi) is 6.28. The first-order valence-corrected chi connectivity index (χ1v) is 12.3. The van der Waals surface area contributed by atoms with Crippen LogP contribution in [0.15, 0.2) is 133 Å². The standard InChI is InChI=1S/C34H28N2/c1-26-31(33(24-35,29-18-10-4-11-19-29)22-27-14-6-2-7-15-27)32(26)34(25-36,30-20-12-5-13-21-30)23-28-16-8-3-9-17-28/h2-21,31-32H,1,22-23H2. The third-order valence-corrected chi connectivity index (χ3v) is 7.71. The molecule has 1 fully saturated rings. The van der Waals surface area contributed by atoms with Crippen molar-refractivity contribution in [3.05, 3.63) is 156 Å². The molecule has 4 atom stereocenters. The zero-order valence-electron chi connectivity index (χ0n) is 20.2. The van der Waals surface area contributed by atoms with Crippen molar-refractivity contribution in [1.29, 1.82) is 10.5 Å².